The van der Waals surface area contributed by atoms with Gasteiger partial charge in [-0.2, -0.15) is 0 Å². The van der Waals surface area contributed by atoms with Crippen molar-refractivity contribution in [2.75, 3.05) is 6.54 Å². The lowest BCUT2D eigenvalue weighted by atomic mass is 10.0. The molecule has 1 aromatic heterocycles. The quantitative estimate of drug-likeness (QED) is 0.791. The number of rotatable bonds is 4. The fraction of sp³-hybridized carbons (Fsp3) is 0.625. The summed E-state index contributed by atoms with van der Waals surface area (Å²) >= 11 is 1.93. The summed E-state index contributed by atoms with van der Waals surface area (Å²) in [5.41, 5.74) is 1.18. The minimum atomic E-state index is 0.244. The highest BCUT2D eigenvalue weighted by molar-refractivity contribution is 7.99. The fourth-order valence-electron chi connectivity index (χ4n) is 3.29. The zero-order valence-corrected chi connectivity index (χ0v) is 12.6. The molecule has 2 heterocycles. The van der Waals surface area contributed by atoms with E-state index in [2.05, 4.69) is 17.1 Å². The predicted octanol–water partition coefficient (Wildman–Crippen LogP) is 3.80. The Morgan fingerprint density at radius 2 is 2.00 bits per heavy atom. The average molecular weight is 290 g/mol. The van der Waals surface area contributed by atoms with Gasteiger partial charge in [-0.25, -0.2) is 4.98 Å². The van der Waals surface area contributed by atoms with Gasteiger partial charge in [0.05, 0.1) is 11.1 Å². The van der Waals surface area contributed by atoms with Crippen molar-refractivity contribution in [1.82, 2.24) is 9.88 Å². The zero-order valence-electron chi connectivity index (χ0n) is 11.8. The van der Waals surface area contributed by atoms with Crippen molar-refractivity contribution in [3.63, 3.8) is 0 Å². The first-order valence-electron chi connectivity index (χ1n) is 7.70. The van der Waals surface area contributed by atoms with E-state index in [0.717, 1.165) is 36.1 Å². The van der Waals surface area contributed by atoms with Gasteiger partial charge >= 0.3 is 0 Å². The predicted molar refractivity (Wildman–Crippen MR) is 81.7 cm³/mol. The molecule has 0 N–H and O–H groups in total. The van der Waals surface area contributed by atoms with Crippen LogP contribution in [0.2, 0.25) is 0 Å². The summed E-state index contributed by atoms with van der Waals surface area (Å²) in [5.74, 6) is 0. The van der Waals surface area contributed by atoms with Gasteiger partial charge in [0.15, 0.2) is 0 Å². The van der Waals surface area contributed by atoms with Crippen molar-refractivity contribution >= 4 is 18.2 Å². The zero-order chi connectivity index (χ0) is 13.8. The van der Waals surface area contributed by atoms with E-state index in [-0.39, 0.29) is 6.04 Å². The molecule has 0 bridgehead atoms. The van der Waals surface area contributed by atoms with Crippen molar-refractivity contribution in [2.24, 2.45) is 0 Å². The molecule has 3 rings (SSSR count). The molecule has 0 spiro atoms. The van der Waals surface area contributed by atoms with Crippen LogP contribution in [0.15, 0.2) is 23.4 Å². The van der Waals surface area contributed by atoms with E-state index in [1.54, 1.807) is 0 Å². The van der Waals surface area contributed by atoms with Crippen LogP contribution in [0.3, 0.4) is 0 Å². The van der Waals surface area contributed by atoms with Crippen LogP contribution in [0, 0.1) is 0 Å². The largest absolute Gasteiger partial charge is 0.338 e. The molecule has 1 aliphatic heterocycles. The maximum absolute atomic E-state index is 11.0. The van der Waals surface area contributed by atoms with E-state index in [1.807, 2.05) is 22.9 Å². The van der Waals surface area contributed by atoms with Crippen LogP contribution < -0.4 is 0 Å². The summed E-state index contributed by atoms with van der Waals surface area (Å²) in [7, 11) is 0. The lowest BCUT2D eigenvalue weighted by Gasteiger charge is -2.22. The molecule has 2 fully saturated rings. The number of hydrogen-bond acceptors (Lipinski definition) is 3. The number of pyridine rings is 1. The summed E-state index contributed by atoms with van der Waals surface area (Å²) in [4.78, 5) is 17.5. The summed E-state index contributed by atoms with van der Waals surface area (Å²) in [5, 5.41) is 1.89. The van der Waals surface area contributed by atoms with E-state index < -0.39 is 0 Å². The number of amides is 1. The van der Waals surface area contributed by atoms with Gasteiger partial charge < -0.3 is 4.90 Å². The fourth-order valence-corrected chi connectivity index (χ4v) is 4.46. The molecule has 1 saturated carbocycles. The summed E-state index contributed by atoms with van der Waals surface area (Å²) < 4.78 is 0. The molecule has 1 atom stereocenters. The van der Waals surface area contributed by atoms with Crippen LogP contribution in [-0.4, -0.2) is 28.1 Å². The van der Waals surface area contributed by atoms with Crippen LogP contribution in [0.5, 0.6) is 0 Å². The second-order valence-electron chi connectivity index (χ2n) is 5.81. The lowest BCUT2D eigenvalue weighted by molar-refractivity contribution is -0.118. The third kappa shape index (κ3) is 3.17. The Balaban J connectivity index is 1.63. The van der Waals surface area contributed by atoms with Crippen molar-refractivity contribution in [3.05, 3.63) is 23.9 Å². The Morgan fingerprint density at radius 3 is 2.70 bits per heavy atom. The summed E-state index contributed by atoms with van der Waals surface area (Å²) in [6.45, 7) is 0.882. The molecule has 108 valence electrons. The van der Waals surface area contributed by atoms with Gasteiger partial charge in [0.1, 0.15) is 0 Å². The maximum Gasteiger partial charge on any atom is 0.210 e. The lowest BCUT2D eigenvalue weighted by Crippen LogP contribution is -2.21. The molecule has 1 unspecified atom stereocenters. The molecule has 2 aliphatic rings. The number of thioether (sulfide) groups is 1. The molecule has 3 nitrogen and oxygen atoms in total. The number of hydrogen-bond donors (Lipinski definition) is 0. The molecule has 1 aliphatic carbocycles. The van der Waals surface area contributed by atoms with E-state index in [0.29, 0.717) is 0 Å². The number of nitrogens with zero attached hydrogens (tertiary/aromatic N) is 2. The minimum Gasteiger partial charge on any atom is -0.338 e. The monoisotopic (exact) mass is 290 g/mol. The van der Waals surface area contributed by atoms with E-state index in [4.69, 9.17) is 0 Å². The molecular formula is C16H22N2OS. The van der Waals surface area contributed by atoms with Crippen LogP contribution >= 0.6 is 11.8 Å². The molecule has 0 radical (unpaired) electrons. The smallest absolute Gasteiger partial charge is 0.210 e. The van der Waals surface area contributed by atoms with E-state index in [9.17, 15) is 4.79 Å². The van der Waals surface area contributed by atoms with Crippen molar-refractivity contribution < 1.29 is 4.79 Å². The van der Waals surface area contributed by atoms with Crippen LogP contribution in [-0.2, 0) is 4.79 Å². The first-order chi connectivity index (χ1) is 9.86. The topological polar surface area (TPSA) is 33.2 Å². The molecule has 0 aromatic carbocycles. The minimum absolute atomic E-state index is 0.244. The third-order valence-corrected chi connectivity index (χ3v) is 5.70. The molecule has 1 amide bonds. The molecule has 4 heteroatoms. The number of likely N-dealkylation sites (tertiary alicyclic amines) is 1. The summed E-state index contributed by atoms with van der Waals surface area (Å²) in [6, 6.07) is 4.54. The van der Waals surface area contributed by atoms with E-state index in [1.165, 1.54) is 37.7 Å². The highest BCUT2D eigenvalue weighted by Gasteiger charge is 2.24. The first-order valence-corrected chi connectivity index (χ1v) is 8.58. The van der Waals surface area contributed by atoms with Crippen molar-refractivity contribution in [1.29, 1.82) is 0 Å². The Kier molecular flexibility index (Phi) is 4.61. The van der Waals surface area contributed by atoms with Gasteiger partial charge in [0, 0.05) is 18.0 Å². The number of carbonyl (C=O) groups is 1. The van der Waals surface area contributed by atoms with Gasteiger partial charge in [-0.05, 0) is 37.3 Å². The van der Waals surface area contributed by atoms with E-state index >= 15 is 0 Å². The van der Waals surface area contributed by atoms with Gasteiger partial charge in [-0.15, -0.1) is 11.8 Å². The normalized spacial score (nSPS) is 24.0. The van der Waals surface area contributed by atoms with Gasteiger partial charge in [0.2, 0.25) is 6.41 Å². The average Bonchev–Trinajstić information content (AvgIpc) is 2.98. The van der Waals surface area contributed by atoms with Gasteiger partial charge in [0.25, 0.3) is 0 Å². The Hall–Kier alpha value is -1.03. The molecule has 20 heavy (non-hydrogen) atoms. The molecule has 1 aromatic rings. The third-order valence-electron chi connectivity index (χ3n) is 4.41. The second-order valence-corrected chi connectivity index (χ2v) is 7.13. The Labute approximate surface area is 125 Å². The second kappa shape index (κ2) is 6.61. The maximum atomic E-state index is 11.0. The number of aromatic nitrogens is 1. The SMILES string of the molecule is O=CN1CCCC1c1ccc(SC2CCCCC2)nc1. The highest BCUT2D eigenvalue weighted by Crippen LogP contribution is 2.34. The van der Waals surface area contributed by atoms with Crippen LogP contribution in [0.1, 0.15) is 56.6 Å². The molecule has 1 saturated heterocycles. The summed E-state index contributed by atoms with van der Waals surface area (Å²) in [6.07, 6.45) is 11.9. The first kappa shape index (κ1) is 13.9. The Morgan fingerprint density at radius 1 is 1.15 bits per heavy atom. The standard InChI is InChI=1S/C16H22N2OS/c19-12-18-10-4-7-15(18)13-8-9-16(17-11-13)20-14-5-2-1-3-6-14/h8-9,11-12,14-15H,1-7,10H2. The van der Waals surface area contributed by atoms with Gasteiger partial charge in [-0.1, -0.05) is 25.3 Å². The highest BCUT2D eigenvalue weighted by atomic mass is 32.2. The molecular weight excluding hydrogens is 268 g/mol. The number of carbonyl (C=O) groups excluding carboxylic acids is 1. The van der Waals surface area contributed by atoms with Crippen molar-refractivity contribution in [2.45, 2.75) is 61.3 Å². The van der Waals surface area contributed by atoms with Gasteiger partial charge in [-0.3, -0.25) is 4.79 Å². The van der Waals surface area contributed by atoms with Crippen molar-refractivity contribution in [3.8, 4) is 0 Å². The Bertz CT molecular complexity index is 442. The van der Waals surface area contributed by atoms with Crippen LogP contribution in [0.4, 0.5) is 0 Å². The van der Waals surface area contributed by atoms with Crippen LogP contribution in [0.25, 0.3) is 0 Å².